The van der Waals surface area contributed by atoms with Crippen molar-refractivity contribution in [1.29, 1.82) is 0 Å². The molecule has 8 nitrogen and oxygen atoms in total. The van der Waals surface area contributed by atoms with Gasteiger partial charge < -0.3 is 21.5 Å². The predicted molar refractivity (Wildman–Crippen MR) is 137 cm³/mol. The van der Waals surface area contributed by atoms with E-state index in [0.29, 0.717) is 19.4 Å². The Balaban J connectivity index is 2.16. The molecule has 0 aliphatic carbocycles. The Hall–Kier alpha value is -2.90. The zero-order valence-electron chi connectivity index (χ0n) is 21.2. The minimum atomic E-state index is -1.37. The molecule has 196 valence electrons. The van der Waals surface area contributed by atoms with E-state index in [0.717, 1.165) is 18.4 Å². The monoisotopic (exact) mass is 489 g/mol. The van der Waals surface area contributed by atoms with Crippen LogP contribution < -0.4 is 16.4 Å². The number of carboxylic acid groups (broad SMARTS) is 1. The number of carbonyl (C=O) groups is 4. The van der Waals surface area contributed by atoms with E-state index in [1.54, 1.807) is 24.3 Å². The highest BCUT2D eigenvalue weighted by molar-refractivity contribution is 5.97. The van der Waals surface area contributed by atoms with Gasteiger partial charge in [-0.05, 0) is 30.5 Å². The topological polar surface area (TPSA) is 139 Å². The highest BCUT2D eigenvalue weighted by atomic mass is 16.4. The van der Waals surface area contributed by atoms with Crippen LogP contribution in [0.3, 0.4) is 0 Å². The summed E-state index contributed by atoms with van der Waals surface area (Å²) < 4.78 is 0. The summed E-state index contributed by atoms with van der Waals surface area (Å²) in [5, 5.41) is 14.3. The largest absolute Gasteiger partial charge is 0.480 e. The number of amides is 3. The van der Waals surface area contributed by atoms with Crippen LogP contribution in [0.15, 0.2) is 24.3 Å². The number of primary amides is 1. The molecule has 3 amide bonds. The fraction of sp³-hybridized carbons (Fsp3) is 0.630. The van der Waals surface area contributed by atoms with Gasteiger partial charge in [0.25, 0.3) is 5.91 Å². The molecule has 1 atom stereocenters. The van der Waals surface area contributed by atoms with E-state index in [2.05, 4.69) is 17.6 Å². The lowest BCUT2D eigenvalue weighted by molar-refractivity contribution is -0.141. The molecule has 0 heterocycles. The Bertz CT molecular complexity index is 780. The lowest BCUT2D eigenvalue weighted by atomic mass is 10.1. The van der Waals surface area contributed by atoms with Crippen molar-refractivity contribution < 1.29 is 24.3 Å². The molecule has 0 spiro atoms. The lowest BCUT2D eigenvalue weighted by Gasteiger charge is -2.13. The zero-order chi connectivity index (χ0) is 25.9. The van der Waals surface area contributed by atoms with Gasteiger partial charge in [-0.25, -0.2) is 4.79 Å². The van der Waals surface area contributed by atoms with Gasteiger partial charge in [0, 0.05) is 18.5 Å². The minimum absolute atomic E-state index is 0.0612. The first-order valence-electron chi connectivity index (χ1n) is 13.0. The van der Waals surface area contributed by atoms with Crippen molar-refractivity contribution >= 4 is 23.7 Å². The highest BCUT2D eigenvalue weighted by Gasteiger charge is 2.22. The second-order valence-electron chi connectivity index (χ2n) is 9.12. The molecule has 0 fully saturated rings. The van der Waals surface area contributed by atoms with Gasteiger partial charge in [-0.15, -0.1) is 0 Å². The first kappa shape index (κ1) is 30.1. The maximum absolute atomic E-state index is 12.2. The fourth-order valence-electron chi connectivity index (χ4n) is 3.85. The Morgan fingerprint density at radius 3 is 1.91 bits per heavy atom. The van der Waals surface area contributed by atoms with E-state index in [4.69, 9.17) is 10.8 Å². The van der Waals surface area contributed by atoms with E-state index in [9.17, 15) is 19.2 Å². The number of hydrogen-bond acceptors (Lipinski definition) is 4. The molecule has 5 N–H and O–H groups in total. The lowest BCUT2D eigenvalue weighted by Crippen LogP contribution is -2.43. The van der Waals surface area contributed by atoms with E-state index in [1.807, 2.05) is 0 Å². The first-order valence-corrected chi connectivity index (χ1v) is 13.0. The van der Waals surface area contributed by atoms with Crippen molar-refractivity contribution in [1.82, 2.24) is 10.6 Å². The predicted octanol–water partition coefficient (Wildman–Crippen LogP) is 4.10. The van der Waals surface area contributed by atoms with Gasteiger partial charge in [0.15, 0.2) is 0 Å². The summed E-state index contributed by atoms with van der Waals surface area (Å²) in [6, 6.07) is 5.32. The first-order chi connectivity index (χ1) is 16.8. The Morgan fingerprint density at radius 1 is 0.857 bits per heavy atom. The van der Waals surface area contributed by atoms with Gasteiger partial charge in [0.1, 0.15) is 6.04 Å². The summed E-state index contributed by atoms with van der Waals surface area (Å²) in [6.45, 7) is 2.75. The van der Waals surface area contributed by atoms with Gasteiger partial charge in [-0.1, -0.05) is 83.3 Å². The molecule has 0 saturated heterocycles. The molecule has 8 heteroatoms. The van der Waals surface area contributed by atoms with Crippen LogP contribution in [0.25, 0.3) is 0 Å². The highest BCUT2D eigenvalue weighted by Crippen LogP contribution is 2.12. The van der Waals surface area contributed by atoms with Crippen LogP contribution in [-0.2, 0) is 20.8 Å². The van der Waals surface area contributed by atoms with E-state index >= 15 is 0 Å². The summed E-state index contributed by atoms with van der Waals surface area (Å²) in [7, 11) is 0. The smallest absolute Gasteiger partial charge is 0.326 e. The van der Waals surface area contributed by atoms with Crippen LogP contribution in [0.1, 0.15) is 106 Å². The number of carbonyl (C=O) groups excluding carboxylic acids is 3. The number of carboxylic acids is 1. The van der Waals surface area contributed by atoms with Crippen LogP contribution >= 0.6 is 0 Å². The van der Waals surface area contributed by atoms with Crippen molar-refractivity contribution in [3.05, 3.63) is 35.4 Å². The maximum Gasteiger partial charge on any atom is 0.326 e. The standard InChI is InChI=1S/C27H43N3O5/c1-2-3-4-5-6-7-8-9-10-11-12-13-25(32)29-19-18-21-14-16-22(17-15-21)26(33)30-23(27(34)35)20-24(28)31/h14-17,23H,2-13,18-20H2,1H3,(H2,28,31)(H,29,32)(H,30,33)(H,34,35)/t23-/m0/s1. The number of nitrogens with two attached hydrogens (primary N) is 1. The molecular weight excluding hydrogens is 446 g/mol. The van der Waals surface area contributed by atoms with Crippen LogP contribution in [0, 0.1) is 0 Å². The molecule has 0 aliphatic rings. The van der Waals surface area contributed by atoms with Gasteiger partial charge in [-0.3, -0.25) is 14.4 Å². The molecule has 35 heavy (non-hydrogen) atoms. The molecule has 0 bridgehead atoms. The number of aliphatic carboxylic acids is 1. The number of nitrogens with one attached hydrogen (secondary N) is 2. The number of unbranched alkanes of at least 4 members (excludes halogenated alkanes) is 10. The van der Waals surface area contributed by atoms with Crippen molar-refractivity contribution in [2.24, 2.45) is 5.73 Å². The Morgan fingerprint density at radius 2 is 1.40 bits per heavy atom. The van der Waals surface area contributed by atoms with Crippen LogP contribution in [0.2, 0.25) is 0 Å². The molecule has 0 aliphatic heterocycles. The molecule has 1 rings (SSSR count). The number of hydrogen-bond donors (Lipinski definition) is 4. The van der Waals surface area contributed by atoms with Crippen molar-refractivity contribution in [3.63, 3.8) is 0 Å². The number of benzene rings is 1. The zero-order valence-corrected chi connectivity index (χ0v) is 21.2. The van der Waals surface area contributed by atoms with Crippen molar-refractivity contribution in [3.8, 4) is 0 Å². The molecular formula is C27H43N3O5. The normalized spacial score (nSPS) is 11.6. The summed E-state index contributed by atoms with van der Waals surface area (Å²) >= 11 is 0. The average molecular weight is 490 g/mol. The quantitative estimate of drug-likeness (QED) is 0.204. The molecule has 0 saturated carbocycles. The second kappa shape index (κ2) is 18.4. The molecule has 1 aromatic carbocycles. The third-order valence-corrected chi connectivity index (χ3v) is 5.97. The molecule has 0 unspecified atom stereocenters. The van der Waals surface area contributed by atoms with Crippen LogP contribution in [-0.4, -0.2) is 41.4 Å². The summed E-state index contributed by atoms with van der Waals surface area (Å²) in [5.41, 5.74) is 6.25. The SMILES string of the molecule is CCCCCCCCCCCCCC(=O)NCCc1ccc(C(=O)N[C@@H](CC(N)=O)C(=O)O)cc1. The summed E-state index contributed by atoms with van der Waals surface area (Å²) in [4.78, 5) is 46.4. The van der Waals surface area contributed by atoms with Crippen molar-refractivity contribution in [2.45, 2.75) is 103 Å². The number of rotatable bonds is 20. The summed E-state index contributed by atoms with van der Waals surface area (Å²) in [5.74, 6) is -2.66. The molecule has 0 aromatic heterocycles. The molecule has 0 radical (unpaired) electrons. The summed E-state index contributed by atoms with van der Waals surface area (Å²) in [6.07, 6.45) is 14.5. The average Bonchev–Trinajstić information content (AvgIpc) is 2.82. The molecule has 1 aromatic rings. The Labute approximate surface area is 209 Å². The minimum Gasteiger partial charge on any atom is -0.480 e. The van der Waals surface area contributed by atoms with E-state index in [-0.39, 0.29) is 11.5 Å². The van der Waals surface area contributed by atoms with E-state index in [1.165, 1.54) is 57.8 Å². The van der Waals surface area contributed by atoms with E-state index < -0.39 is 30.2 Å². The van der Waals surface area contributed by atoms with Gasteiger partial charge in [-0.2, -0.15) is 0 Å². The second-order valence-corrected chi connectivity index (χ2v) is 9.12. The fourth-order valence-corrected chi connectivity index (χ4v) is 3.85. The van der Waals surface area contributed by atoms with Crippen molar-refractivity contribution in [2.75, 3.05) is 6.54 Å². The van der Waals surface area contributed by atoms with Gasteiger partial charge in [0.05, 0.1) is 6.42 Å². The van der Waals surface area contributed by atoms with Gasteiger partial charge >= 0.3 is 5.97 Å². The third-order valence-electron chi connectivity index (χ3n) is 5.97. The Kier molecular flexibility index (Phi) is 15.9. The van der Waals surface area contributed by atoms with Crippen LogP contribution in [0.4, 0.5) is 0 Å². The van der Waals surface area contributed by atoms with Gasteiger partial charge in [0.2, 0.25) is 11.8 Å². The maximum atomic E-state index is 12.2. The third kappa shape index (κ3) is 14.9. The van der Waals surface area contributed by atoms with Crippen LogP contribution in [0.5, 0.6) is 0 Å².